The Morgan fingerprint density at radius 1 is 1.25 bits per heavy atom. The third kappa shape index (κ3) is 4.52. The average Bonchev–Trinajstić information content (AvgIpc) is 2.33. The highest BCUT2D eigenvalue weighted by atomic mass is 32.2. The summed E-state index contributed by atoms with van der Waals surface area (Å²) in [6, 6.07) is 4.17. The molecule has 0 radical (unpaired) electrons. The Morgan fingerprint density at radius 3 is 2.35 bits per heavy atom. The monoisotopic (exact) mass is 298 g/mol. The van der Waals surface area contributed by atoms with Crippen molar-refractivity contribution in [2.24, 2.45) is 11.8 Å². The van der Waals surface area contributed by atoms with E-state index in [1.165, 1.54) is 18.2 Å². The number of rotatable bonds is 5. The lowest BCUT2D eigenvalue weighted by Gasteiger charge is -2.16. The lowest BCUT2D eigenvalue weighted by Crippen LogP contribution is -2.30. The molecule has 1 aromatic rings. The number of hydrogen-bond acceptors (Lipinski definition) is 4. The lowest BCUT2D eigenvalue weighted by molar-refractivity contribution is 0.0944. The summed E-state index contributed by atoms with van der Waals surface area (Å²) >= 11 is 0. The number of nitrogens with two attached hydrogens (primary N) is 1. The number of carbonyl (C=O) groups excluding carboxylic acids is 1. The van der Waals surface area contributed by atoms with E-state index in [4.69, 9.17) is 5.73 Å². The highest BCUT2D eigenvalue weighted by Crippen LogP contribution is 2.17. The van der Waals surface area contributed by atoms with Gasteiger partial charge < -0.3 is 11.1 Å². The summed E-state index contributed by atoms with van der Waals surface area (Å²) in [5, 5.41) is 2.80. The molecule has 1 rings (SSSR count). The zero-order valence-electron chi connectivity index (χ0n) is 12.3. The molecule has 1 aromatic carbocycles. The lowest BCUT2D eigenvalue weighted by atomic mass is 9.98. The average molecular weight is 298 g/mol. The Kier molecular flexibility index (Phi) is 5.16. The summed E-state index contributed by atoms with van der Waals surface area (Å²) in [6.45, 7) is 6.75. The van der Waals surface area contributed by atoms with Gasteiger partial charge in [-0.25, -0.2) is 8.42 Å². The summed E-state index contributed by atoms with van der Waals surface area (Å²) in [6.07, 6.45) is 1.09. The predicted molar refractivity (Wildman–Crippen MR) is 80.3 cm³/mol. The normalized spacial score (nSPS) is 13.2. The molecular weight excluding hydrogens is 276 g/mol. The first-order valence-electron chi connectivity index (χ1n) is 6.50. The Bertz CT molecular complexity index is 594. The fourth-order valence-electron chi connectivity index (χ4n) is 1.56. The topological polar surface area (TPSA) is 89.3 Å². The van der Waals surface area contributed by atoms with Gasteiger partial charge in [0, 0.05) is 24.1 Å². The van der Waals surface area contributed by atoms with Crippen molar-refractivity contribution in [3.05, 3.63) is 23.8 Å². The van der Waals surface area contributed by atoms with Crippen LogP contribution in [-0.4, -0.2) is 27.1 Å². The summed E-state index contributed by atoms with van der Waals surface area (Å²) in [5.41, 5.74) is 6.18. The molecule has 0 aliphatic heterocycles. The number of nitrogen functional groups attached to an aromatic ring is 1. The first-order valence-corrected chi connectivity index (χ1v) is 8.39. The van der Waals surface area contributed by atoms with E-state index in [0.717, 1.165) is 6.26 Å². The predicted octanol–water partition coefficient (Wildman–Crippen LogP) is 1.69. The van der Waals surface area contributed by atoms with Crippen molar-refractivity contribution in [2.45, 2.75) is 25.7 Å². The van der Waals surface area contributed by atoms with Gasteiger partial charge >= 0.3 is 0 Å². The zero-order chi connectivity index (χ0) is 15.5. The summed E-state index contributed by atoms with van der Waals surface area (Å²) in [5.74, 6) is 0.492. The quantitative estimate of drug-likeness (QED) is 0.810. The molecule has 0 aliphatic rings. The Morgan fingerprint density at radius 2 is 1.85 bits per heavy atom. The molecule has 112 valence electrons. The SMILES string of the molecule is CC(C)C(C)CNC(=O)c1cc(N)cc(S(C)(=O)=O)c1. The first-order chi connectivity index (χ1) is 9.11. The van der Waals surface area contributed by atoms with Crippen molar-refractivity contribution >= 4 is 21.4 Å². The van der Waals surface area contributed by atoms with Crippen LogP contribution in [0.4, 0.5) is 5.69 Å². The fourth-order valence-corrected chi connectivity index (χ4v) is 2.25. The van der Waals surface area contributed by atoms with Crippen LogP contribution in [0.5, 0.6) is 0 Å². The van der Waals surface area contributed by atoms with Gasteiger partial charge in [0.1, 0.15) is 0 Å². The number of benzene rings is 1. The van der Waals surface area contributed by atoms with Crippen molar-refractivity contribution in [1.82, 2.24) is 5.32 Å². The number of amides is 1. The molecule has 0 bridgehead atoms. The maximum Gasteiger partial charge on any atom is 0.251 e. The van der Waals surface area contributed by atoms with Crippen molar-refractivity contribution in [2.75, 3.05) is 18.5 Å². The van der Waals surface area contributed by atoms with Crippen LogP contribution in [0.3, 0.4) is 0 Å². The van der Waals surface area contributed by atoms with Gasteiger partial charge in [-0.1, -0.05) is 20.8 Å². The van der Waals surface area contributed by atoms with Gasteiger partial charge in [-0.2, -0.15) is 0 Å². The second-order valence-electron chi connectivity index (χ2n) is 5.49. The second-order valence-corrected chi connectivity index (χ2v) is 7.51. The Hall–Kier alpha value is -1.56. The number of hydrogen-bond donors (Lipinski definition) is 2. The minimum absolute atomic E-state index is 0.0551. The van der Waals surface area contributed by atoms with E-state index in [2.05, 4.69) is 19.2 Å². The van der Waals surface area contributed by atoms with E-state index in [-0.39, 0.29) is 22.1 Å². The van der Waals surface area contributed by atoms with Crippen LogP contribution in [0, 0.1) is 11.8 Å². The standard InChI is InChI=1S/C14H22N2O3S/c1-9(2)10(3)8-16-14(17)11-5-12(15)7-13(6-11)20(4,18)19/h5-7,9-10H,8,15H2,1-4H3,(H,16,17). The van der Waals surface area contributed by atoms with E-state index in [9.17, 15) is 13.2 Å². The molecule has 0 saturated heterocycles. The zero-order valence-corrected chi connectivity index (χ0v) is 13.1. The molecule has 1 unspecified atom stereocenters. The summed E-state index contributed by atoms with van der Waals surface area (Å²) in [4.78, 5) is 12.1. The molecule has 0 fully saturated rings. The third-order valence-corrected chi connectivity index (χ3v) is 4.43. The van der Waals surface area contributed by atoms with Gasteiger partial charge in [-0.15, -0.1) is 0 Å². The van der Waals surface area contributed by atoms with E-state index in [0.29, 0.717) is 18.4 Å². The van der Waals surface area contributed by atoms with Gasteiger partial charge in [0.15, 0.2) is 9.84 Å². The molecule has 6 heteroatoms. The molecule has 0 heterocycles. The van der Waals surface area contributed by atoms with Gasteiger partial charge in [-0.05, 0) is 30.0 Å². The van der Waals surface area contributed by atoms with E-state index in [1.54, 1.807) is 0 Å². The van der Waals surface area contributed by atoms with E-state index < -0.39 is 9.84 Å². The van der Waals surface area contributed by atoms with Gasteiger partial charge in [0.25, 0.3) is 5.91 Å². The van der Waals surface area contributed by atoms with Crippen LogP contribution >= 0.6 is 0 Å². The summed E-state index contributed by atoms with van der Waals surface area (Å²) in [7, 11) is -3.39. The van der Waals surface area contributed by atoms with Gasteiger partial charge in [-0.3, -0.25) is 4.79 Å². The van der Waals surface area contributed by atoms with Crippen LogP contribution in [-0.2, 0) is 9.84 Å². The van der Waals surface area contributed by atoms with Crippen molar-refractivity contribution in [3.8, 4) is 0 Å². The van der Waals surface area contributed by atoms with Crippen LogP contribution in [0.1, 0.15) is 31.1 Å². The van der Waals surface area contributed by atoms with Crippen LogP contribution in [0.2, 0.25) is 0 Å². The minimum atomic E-state index is -3.39. The van der Waals surface area contributed by atoms with Crippen molar-refractivity contribution < 1.29 is 13.2 Å². The van der Waals surface area contributed by atoms with Gasteiger partial charge in [0.05, 0.1) is 4.90 Å². The maximum absolute atomic E-state index is 12.0. The third-order valence-electron chi connectivity index (χ3n) is 3.34. The molecule has 1 atom stereocenters. The Balaban J connectivity index is 2.92. The molecule has 0 aliphatic carbocycles. The van der Waals surface area contributed by atoms with Crippen LogP contribution in [0.25, 0.3) is 0 Å². The molecule has 20 heavy (non-hydrogen) atoms. The molecule has 3 N–H and O–H groups in total. The highest BCUT2D eigenvalue weighted by molar-refractivity contribution is 7.90. The number of sulfone groups is 1. The number of nitrogens with one attached hydrogen (secondary N) is 1. The molecular formula is C14H22N2O3S. The van der Waals surface area contributed by atoms with E-state index in [1.807, 2.05) is 6.92 Å². The number of anilines is 1. The molecule has 5 nitrogen and oxygen atoms in total. The maximum atomic E-state index is 12.0. The second kappa shape index (κ2) is 6.26. The molecule has 1 amide bonds. The van der Waals surface area contributed by atoms with Crippen molar-refractivity contribution in [3.63, 3.8) is 0 Å². The molecule has 0 aromatic heterocycles. The van der Waals surface area contributed by atoms with Crippen LogP contribution in [0.15, 0.2) is 23.1 Å². The van der Waals surface area contributed by atoms with E-state index >= 15 is 0 Å². The minimum Gasteiger partial charge on any atom is -0.399 e. The number of carbonyl (C=O) groups is 1. The highest BCUT2D eigenvalue weighted by Gasteiger charge is 2.15. The smallest absolute Gasteiger partial charge is 0.251 e. The molecule has 0 saturated carbocycles. The van der Waals surface area contributed by atoms with Gasteiger partial charge in [0.2, 0.25) is 0 Å². The Labute approximate surface area is 120 Å². The largest absolute Gasteiger partial charge is 0.399 e. The first kappa shape index (κ1) is 16.5. The molecule has 0 spiro atoms. The van der Waals surface area contributed by atoms with Crippen LogP contribution < -0.4 is 11.1 Å². The summed E-state index contributed by atoms with van der Waals surface area (Å²) < 4.78 is 23.1. The fraction of sp³-hybridized carbons (Fsp3) is 0.500. The van der Waals surface area contributed by atoms with Crippen molar-refractivity contribution in [1.29, 1.82) is 0 Å².